The van der Waals surface area contributed by atoms with Crippen LogP contribution >= 0.6 is 22.6 Å². The molecule has 2 aromatic rings. The molecule has 1 heterocycles. The summed E-state index contributed by atoms with van der Waals surface area (Å²) in [5, 5.41) is 7.22. The average Bonchev–Trinajstić information content (AvgIpc) is 2.57. The van der Waals surface area contributed by atoms with Gasteiger partial charge in [0.2, 0.25) is 0 Å². The van der Waals surface area contributed by atoms with Gasteiger partial charge in [-0.1, -0.05) is 0 Å². The van der Waals surface area contributed by atoms with Crippen molar-refractivity contribution >= 4 is 34.2 Å². The van der Waals surface area contributed by atoms with Crippen LogP contribution < -0.4 is 5.32 Å². The van der Waals surface area contributed by atoms with Gasteiger partial charge in [0.25, 0.3) is 5.91 Å². The van der Waals surface area contributed by atoms with Gasteiger partial charge in [-0.15, -0.1) is 0 Å². The Morgan fingerprint density at radius 1 is 1.32 bits per heavy atom. The van der Waals surface area contributed by atoms with Crippen LogP contribution in [-0.2, 0) is 7.05 Å². The number of aryl methyl sites for hydroxylation is 3. The fourth-order valence-corrected chi connectivity index (χ4v) is 2.70. The summed E-state index contributed by atoms with van der Waals surface area (Å²) in [5.74, 6) is -0.104. The van der Waals surface area contributed by atoms with Crippen LogP contribution in [0.5, 0.6) is 0 Å². The van der Waals surface area contributed by atoms with Gasteiger partial charge in [0.1, 0.15) is 0 Å². The molecule has 0 unspecified atom stereocenters. The predicted molar refractivity (Wildman–Crippen MR) is 84.5 cm³/mol. The zero-order valence-corrected chi connectivity index (χ0v) is 13.6. The lowest BCUT2D eigenvalue weighted by Crippen LogP contribution is -2.14. The number of nitrogens with one attached hydrogen (secondary N) is 1. The number of carbonyl (C=O) groups excluding carboxylic acids is 1. The van der Waals surface area contributed by atoms with Gasteiger partial charge < -0.3 is 5.32 Å². The second kappa shape index (κ2) is 5.32. The molecule has 1 aromatic carbocycles. The van der Waals surface area contributed by atoms with Crippen molar-refractivity contribution in [2.45, 2.75) is 20.8 Å². The molecule has 0 bridgehead atoms. The number of anilines is 1. The normalized spacial score (nSPS) is 10.6. The van der Waals surface area contributed by atoms with Crippen LogP contribution in [-0.4, -0.2) is 15.7 Å². The summed E-state index contributed by atoms with van der Waals surface area (Å²) in [5.41, 5.74) is 4.17. The van der Waals surface area contributed by atoms with Gasteiger partial charge in [0, 0.05) is 22.0 Å². The maximum absolute atomic E-state index is 12.3. The van der Waals surface area contributed by atoms with E-state index in [0.29, 0.717) is 5.56 Å². The van der Waals surface area contributed by atoms with E-state index in [1.807, 2.05) is 46.0 Å². The molecule has 1 aromatic heterocycles. The van der Waals surface area contributed by atoms with Crippen LogP contribution in [0, 0.1) is 24.3 Å². The first-order valence-electron chi connectivity index (χ1n) is 5.98. The molecule has 4 nitrogen and oxygen atoms in total. The Labute approximate surface area is 126 Å². The highest BCUT2D eigenvalue weighted by molar-refractivity contribution is 14.1. The van der Waals surface area contributed by atoms with E-state index in [9.17, 15) is 4.79 Å². The SMILES string of the molecule is Cc1cc(I)ccc1NC(=O)c1c(C)nn(C)c1C. The number of hydrogen-bond donors (Lipinski definition) is 1. The van der Waals surface area contributed by atoms with Gasteiger partial charge in [-0.2, -0.15) is 5.10 Å². The van der Waals surface area contributed by atoms with E-state index in [2.05, 4.69) is 33.0 Å². The molecule has 1 amide bonds. The number of benzene rings is 1. The van der Waals surface area contributed by atoms with Crippen molar-refractivity contribution in [2.24, 2.45) is 7.05 Å². The smallest absolute Gasteiger partial charge is 0.259 e. The third-order valence-electron chi connectivity index (χ3n) is 3.17. The van der Waals surface area contributed by atoms with Crippen molar-refractivity contribution in [1.29, 1.82) is 0 Å². The molecule has 0 aliphatic heterocycles. The van der Waals surface area contributed by atoms with Gasteiger partial charge in [-0.05, 0) is 67.1 Å². The quantitative estimate of drug-likeness (QED) is 0.827. The summed E-state index contributed by atoms with van der Waals surface area (Å²) >= 11 is 2.26. The minimum Gasteiger partial charge on any atom is -0.322 e. The number of aromatic nitrogens is 2. The molecule has 0 fully saturated rings. The molecule has 100 valence electrons. The first kappa shape index (κ1) is 14.0. The van der Waals surface area contributed by atoms with Crippen molar-refractivity contribution in [2.75, 3.05) is 5.32 Å². The highest BCUT2D eigenvalue weighted by atomic mass is 127. The van der Waals surface area contributed by atoms with Crippen molar-refractivity contribution in [3.63, 3.8) is 0 Å². The Morgan fingerprint density at radius 2 is 2.00 bits per heavy atom. The van der Waals surface area contributed by atoms with E-state index in [1.165, 1.54) is 0 Å². The van der Waals surface area contributed by atoms with Crippen LogP contribution in [0.1, 0.15) is 27.3 Å². The van der Waals surface area contributed by atoms with Crippen LogP contribution in [0.25, 0.3) is 0 Å². The largest absolute Gasteiger partial charge is 0.322 e. The van der Waals surface area contributed by atoms with Gasteiger partial charge in [0.05, 0.1) is 11.3 Å². The summed E-state index contributed by atoms with van der Waals surface area (Å²) in [6, 6.07) is 5.95. The number of carbonyl (C=O) groups is 1. The Hall–Kier alpha value is -1.37. The lowest BCUT2D eigenvalue weighted by molar-refractivity contribution is 0.102. The number of nitrogens with zero attached hydrogens (tertiary/aromatic N) is 2. The van der Waals surface area contributed by atoms with E-state index < -0.39 is 0 Å². The number of halogens is 1. The second-order valence-corrected chi connectivity index (χ2v) is 5.83. The zero-order valence-electron chi connectivity index (χ0n) is 11.4. The van der Waals surface area contributed by atoms with Crippen LogP contribution in [0.4, 0.5) is 5.69 Å². The van der Waals surface area contributed by atoms with Crippen molar-refractivity contribution in [1.82, 2.24) is 9.78 Å². The van der Waals surface area contributed by atoms with E-state index in [0.717, 1.165) is 26.2 Å². The minimum absolute atomic E-state index is 0.104. The van der Waals surface area contributed by atoms with E-state index in [4.69, 9.17) is 0 Å². The first-order chi connectivity index (χ1) is 8.90. The standard InChI is InChI=1S/C14H16IN3O/c1-8-7-11(15)5-6-12(8)16-14(19)13-9(2)17-18(4)10(13)3/h5-7H,1-4H3,(H,16,19). The number of rotatable bonds is 2. The maximum atomic E-state index is 12.3. The second-order valence-electron chi connectivity index (χ2n) is 4.58. The van der Waals surface area contributed by atoms with Crippen molar-refractivity contribution < 1.29 is 4.79 Å². The van der Waals surface area contributed by atoms with Gasteiger partial charge >= 0.3 is 0 Å². The van der Waals surface area contributed by atoms with Gasteiger partial charge in [0.15, 0.2) is 0 Å². The molecule has 0 aliphatic rings. The molecule has 19 heavy (non-hydrogen) atoms. The summed E-state index contributed by atoms with van der Waals surface area (Å²) in [6.07, 6.45) is 0. The van der Waals surface area contributed by atoms with Crippen molar-refractivity contribution in [3.8, 4) is 0 Å². The summed E-state index contributed by atoms with van der Waals surface area (Å²) in [4.78, 5) is 12.3. The molecular weight excluding hydrogens is 353 g/mol. The van der Waals surface area contributed by atoms with Gasteiger partial charge in [-0.3, -0.25) is 9.48 Å². The molecule has 0 saturated carbocycles. The Morgan fingerprint density at radius 3 is 2.53 bits per heavy atom. The van der Waals surface area contributed by atoms with E-state index in [1.54, 1.807) is 4.68 Å². The highest BCUT2D eigenvalue weighted by Crippen LogP contribution is 2.20. The monoisotopic (exact) mass is 369 g/mol. The topological polar surface area (TPSA) is 46.9 Å². The van der Waals surface area contributed by atoms with E-state index >= 15 is 0 Å². The first-order valence-corrected chi connectivity index (χ1v) is 7.05. The van der Waals surface area contributed by atoms with E-state index in [-0.39, 0.29) is 5.91 Å². The molecular formula is C14H16IN3O. The fraction of sp³-hybridized carbons (Fsp3) is 0.286. The summed E-state index contributed by atoms with van der Waals surface area (Å²) in [7, 11) is 1.84. The number of hydrogen-bond acceptors (Lipinski definition) is 2. The lowest BCUT2D eigenvalue weighted by Gasteiger charge is -2.09. The Balaban J connectivity index is 2.31. The molecule has 1 N–H and O–H groups in total. The summed E-state index contributed by atoms with van der Waals surface area (Å²) < 4.78 is 2.88. The molecule has 2 rings (SSSR count). The van der Waals surface area contributed by atoms with Crippen LogP contribution in [0.3, 0.4) is 0 Å². The van der Waals surface area contributed by atoms with Crippen molar-refractivity contribution in [3.05, 3.63) is 44.3 Å². The van der Waals surface area contributed by atoms with Gasteiger partial charge in [-0.25, -0.2) is 0 Å². The lowest BCUT2D eigenvalue weighted by atomic mass is 10.1. The third-order valence-corrected chi connectivity index (χ3v) is 3.84. The molecule has 0 radical (unpaired) electrons. The third kappa shape index (κ3) is 2.80. The molecule has 5 heteroatoms. The van der Waals surface area contributed by atoms with Crippen LogP contribution in [0.15, 0.2) is 18.2 Å². The minimum atomic E-state index is -0.104. The molecule has 0 aliphatic carbocycles. The molecule has 0 saturated heterocycles. The van der Waals surface area contributed by atoms with Crippen LogP contribution in [0.2, 0.25) is 0 Å². The number of amides is 1. The molecule has 0 atom stereocenters. The fourth-order valence-electron chi connectivity index (χ4n) is 2.05. The Kier molecular flexibility index (Phi) is 3.93. The zero-order chi connectivity index (χ0) is 14.2. The average molecular weight is 369 g/mol. The highest BCUT2D eigenvalue weighted by Gasteiger charge is 2.17. The predicted octanol–water partition coefficient (Wildman–Crippen LogP) is 3.20. The Bertz CT molecular complexity index is 646. The summed E-state index contributed by atoms with van der Waals surface area (Å²) in [6.45, 7) is 5.74. The molecule has 0 spiro atoms. The maximum Gasteiger partial charge on any atom is 0.259 e.